The Morgan fingerprint density at radius 1 is 1.04 bits per heavy atom. The molecule has 0 aliphatic carbocycles. The van der Waals surface area contributed by atoms with Gasteiger partial charge in [0.1, 0.15) is 0 Å². The van der Waals surface area contributed by atoms with Crippen molar-refractivity contribution in [3.05, 3.63) is 77.9 Å². The average Bonchev–Trinajstić information content (AvgIpc) is 3.33. The number of carbonyl (C=O) groups is 1. The van der Waals surface area contributed by atoms with Gasteiger partial charge in [-0.25, -0.2) is 4.68 Å². The highest BCUT2D eigenvalue weighted by molar-refractivity contribution is 6.03. The molecular formula is C19H17N7O. The molecule has 0 radical (unpaired) electrons. The Kier molecular flexibility index (Phi) is 4.21. The van der Waals surface area contributed by atoms with Crippen LogP contribution in [0, 0.1) is 13.8 Å². The molecule has 1 amide bonds. The van der Waals surface area contributed by atoms with Crippen LogP contribution in [0.4, 0.5) is 5.69 Å². The second-order valence-electron chi connectivity index (χ2n) is 6.07. The summed E-state index contributed by atoms with van der Waals surface area (Å²) in [6.45, 7) is 3.78. The molecule has 2 aromatic heterocycles. The van der Waals surface area contributed by atoms with E-state index >= 15 is 0 Å². The standard InChI is InChI=1S/C19H17N7O/c1-13-8-9-15(12-18(13)26-14(2)21-23-24-26)20-19(27)17-10-11-25(22-17)16-6-4-3-5-7-16/h3-12H,1-2H3,(H,20,27). The number of aromatic nitrogens is 6. The molecule has 0 saturated heterocycles. The average molecular weight is 359 g/mol. The van der Waals surface area contributed by atoms with Gasteiger partial charge in [0.2, 0.25) is 0 Å². The van der Waals surface area contributed by atoms with Crippen LogP contribution < -0.4 is 5.32 Å². The van der Waals surface area contributed by atoms with Crippen molar-refractivity contribution >= 4 is 11.6 Å². The largest absolute Gasteiger partial charge is 0.321 e. The minimum Gasteiger partial charge on any atom is -0.321 e. The van der Waals surface area contributed by atoms with Crippen LogP contribution in [-0.4, -0.2) is 35.9 Å². The zero-order valence-corrected chi connectivity index (χ0v) is 14.9. The van der Waals surface area contributed by atoms with Crippen LogP contribution in [0.3, 0.4) is 0 Å². The summed E-state index contributed by atoms with van der Waals surface area (Å²) in [4.78, 5) is 12.6. The lowest BCUT2D eigenvalue weighted by Crippen LogP contribution is -2.14. The van der Waals surface area contributed by atoms with Crippen molar-refractivity contribution in [3.8, 4) is 11.4 Å². The Morgan fingerprint density at radius 2 is 1.85 bits per heavy atom. The van der Waals surface area contributed by atoms with Crippen LogP contribution in [0.2, 0.25) is 0 Å². The van der Waals surface area contributed by atoms with Crippen molar-refractivity contribution < 1.29 is 4.79 Å². The Labute approximate surface area is 155 Å². The Bertz CT molecular complexity index is 1100. The van der Waals surface area contributed by atoms with Gasteiger partial charge in [0.15, 0.2) is 11.5 Å². The second kappa shape index (κ2) is 6.83. The van der Waals surface area contributed by atoms with Crippen LogP contribution in [0.1, 0.15) is 21.9 Å². The first kappa shape index (κ1) is 16.6. The number of tetrazole rings is 1. The number of carbonyl (C=O) groups excluding carboxylic acids is 1. The summed E-state index contributed by atoms with van der Waals surface area (Å²) in [7, 11) is 0. The quantitative estimate of drug-likeness (QED) is 0.605. The van der Waals surface area contributed by atoms with Crippen LogP contribution in [-0.2, 0) is 0 Å². The number of nitrogens with zero attached hydrogens (tertiary/aromatic N) is 6. The predicted molar refractivity (Wildman–Crippen MR) is 100 cm³/mol. The maximum Gasteiger partial charge on any atom is 0.276 e. The summed E-state index contributed by atoms with van der Waals surface area (Å²) in [5.74, 6) is 0.385. The first-order valence-electron chi connectivity index (χ1n) is 8.40. The number of hydrogen-bond donors (Lipinski definition) is 1. The third-order valence-corrected chi connectivity index (χ3v) is 4.16. The number of nitrogens with one attached hydrogen (secondary N) is 1. The molecule has 0 unspecified atom stereocenters. The third kappa shape index (κ3) is 3.32. The Morgan fingerprint density at radius 3 is 2.59 bits per heavy atom. The molecule has 0 atom stereocenters. The van der Waals surface area contributed by atoms with E-state index in [1.165, 1.54) is 0 Å². The van der Waals surface area contributed by atoms with Crippen molar-refractivity contribution in [3.63, 3.8) is 0 Å². The van der Waals surface area contributed by atoms with Gasteiger partial charge in [-0.2, -0.15) is 9.78 Å². The molecule has 8 heteroatoms. The molecule has 0 spiro atoms. The Hall–Kier alpha value is -3.81. The van der Waals surface area contributed by atoms with Gasteiger partial charge in [-0.1, -0.05) is 24.3 Å². The van der Waals surface area contributed by atoms with Crippen LogP contribution >= 0.6 is 0 Å². The van der Waals surface area contributed by atoms with Gasteiger partial charge in [0, 0.05) is 11.9 Å². The van der Waals surface area contributed by atoms with E-state index in [-0.39, 0.29) is 5.91 Å². The molecule has 4 rings (SSSR count). The molecule has 0 aliphatic heterocycles. The van der Waals surface area contributed by atoms with Crippen molar-refractivity contribution in [1.29, 1.82) is 0 Å². The molecular weight excluding hydrogens is 342 g/mol. The Balaban J connectivity index is 1.57. The van der Waals surface area contributed by atoms with Crippen molar-refractivity contribution in [2.24, 2.45) is 0 Å². The van der Waals surface area contributed by atoms with E-state index in [0.29, 0.717) is 17.2 Å². The van der Waals surface area contributed by atoms with E-state index in [2.05, 4.69) is 25.9 Å². The number of aryl methyl sites for hydroxylation is 2. The summed E-state index contributed by atoms with van der Waals surface area (Å²) in [5, 5.41) is 18.8. The van der Waals surface area contributed by atoms with Gasteiger partial charge in [-0.05, 0) is 60.2 Å². The van der Waals surface area contributed by atoms with Gasteiger partial charge in [-0.15, -0.1) is 5.10 Å². The van der Waals surface area contributed by atoms with Crippen LogP contribution in [0.5, 0.6) is 0 Å². The maximum atomic E-state index is 12.6. The number of rotatable bonds is 4. The molecule has 2 aromatic carbocycles. The lowest BCUT2D eigenvalue weighted by Gasteiger charge is -2.10. The topological polar surface area (TPSA) is 90.5 Å². The van der Waals surface area contributed by atoms with E-state index < -0.39 is 0 Å². The molecule has 134 valence electrons. The maximum absolute atomic E-state index is 12.6. The number of amides is 1. The molecule has 0 aliphatic rings. The lowest BCUT2D eigenvalue weighted by molar-refractivity contribution is 0.102. The molecule has 1 N–H and O–H groups in total. The summed E-state index contributed by atoms with van der Waals surface area (Å²) in [6.07, 6.45) is 1.76. The van der Waals surface area contributed by atoms with Crippen molar-refractivity contribution in [2.45, 2.75) is 13.8 Å². The lowest BCUT2D eigenvalue weighted by atomic mass is 10.1. The highest BCUT2D eigenvalue weighted by atomic mass is 16.1. The monoisotopic (exact) mass is 359 g/mol. The van der Waals surface area contributed by atoms with Gasteiger partial charge < -0.3 is 5.32 Å². The molecule has 0 saturated carbocycles. The fraction of sp³-hybridized carbons (Fsp3) is 0.105. The van der Waals surface area contributed by atoms with Gasteiger partial charge in [0.25, 0.3) is 5.91 Å². The van der Waals surface area contributed by atoms with E-state index in [1.54, 1.807) is 21.6 Å². The highest BCUT2D eigenvalue weighted by Crippen LogP contribution is 2.20. The number of benzene rings is 2. The van der Waals surface area contributed by atoms with Crippen molar-refractivity contribution in [1.82, 2.24) is 30.0 Å². The summed E-state index contributed by atoms with van der Waals surface area (Å²) in [6, 6.07) is 16.9. The van der Waals surface area contributed by atoms with Crippen LogP contribution in [0.25, 0.3) is 11.4 Å². The number of anilines is 1. The molecule has 0 fully saturated rings. The second-order valence-corrected chi connectivity index (χ2v) is 6.07. The molecule has 0 bridgehead atoms. The van der Waals surface area contributed by atoms with Gasteiger partial charge in [-0.3, -0.25) is 4.79 Å². The zero-order chi connectivity index (χ0) is 18.8. The molecule has 2 heterocycles. The number of para-hydroxylation sites is 1. The first-order chi connectivity index (χ1) is 13.1. The fourth-order valence-electron chi connectivity index (χ4n) is 2.73. The smallest absolute Gasteiger partial charge is 0.276 e. The molecule has 27 heavy (non-hydrogen) atoms. The van der Waals surface area contributed by atoms with E-state index in [0.717, 1.165) is 16.9 Å². The molecule has 8 nitrogen and oxygen atoms in total. The minimum absolute atomic E-state index is 0.284. The minimum atomic E-state index is -0.284. The summed E-state index contributed by atoms with van der Waals surface area (Å²) < 4.78 is 3.30. The van der Waals surface area contributed by atoms with Crippen LogP contribution in [0.15, 0.2) is 60.8 Å². The fourth-order valence-corrected chi connectivity index (χ4v) is 2.73. The third-order valence-electron chi connectivity index (χ3n) is 4.16. The van der Waals surface area contributed by atoms with E-state index in [1.807, 2.05) is 62.4 Å². The normalized spacial score (nSPS) is 10.7. The molecule has 4 aromatic rings. The van der Waals surface area contributed by atoms with E-state index in [4.69, 9.17) is 0 Å². The summed E-state index contributed by atoms with van der Waals surface area (Å²) in [5.41, 5.74) is 3.68. The van der Waals surface area contributed by atoms with Crippen molar-refractivity contribution in [2.75, 3.05) is 5.32 Å². The van der Waals surface area contributed by atoms with Gasteiger partial charge in [0.05, 0.1) is 11.4 Å². The highest BCUT2D eigenvalue weighted by Gasteiger charge is 2.13. The summed E-state index contributed by atoms with van der Waals surface area (Å²) >= 11 is 0. The number of hydrogen-bond acceptors (Lipinski definition) is 5. The van der Waals surface area contributed by atoms with Gasteiger partial charge >= 0.3 is 0 Å². The zero-order valence-electron chi connectivity index (χ0n) is 14.9. The first-order valence-corrected chi connectivity index (χ1v) is 8.40. The predicted octanol–water partition coefficient (Wildman–Crippen LogP) is 2.72. The SMILES string of the molecule is Cc1ccc(NC(=O)c2ccn(-c3ccccc3)n2)cc1-n1nnnc1C. The van der Waals surface area contributed by atoms with E-state index in [9.17, 15) is 4.79 Å².